The van der Waals surface area contributed by atoms with Crippen molar-refractivity contribution in [2.24, 2.45) is 0 Å². The molecule has 0 bridgehead atoms. The first-order valence-electron chi connectivity index (χ1n) is 10.4. The summed E-state index contributed by atoms with van der Waals surface area (Å²) in [6, 6.07) is 16.5. The second-order valence-electron chi connectivity index (χ2n) is 7.91. The number of aromatic nitrogens is 2. The molecule has 2 heterocycles. The van der Waals surface area contributed by atoms with Gasteiger partial charge in [-0.25, -0.2) is 0 Å². The molecule has 0 saturated carbocycles. The number of fused-ring (bicyclic) bond motifs is 1. The van der Waals surface area contributed by atoms with E-state index in [0.29, 0.717) is 26.4 Å². The van der Waals surface area contributed by atoms with Crippen molar-refractivity contribution in [3.63, 3.8) is 0 Å². The molecule has 3 aromatic rings. The van der Waals surface area contributed by atoms with Crippen LogP contribution >= 0.6 is 0 Å². The van der Waals surface area contributed by atoms with Crippen molar-refractivity contribution in [2.75, 3.05) is 33.9 Å². The predicted octanol–water partition coefficient (Wildman–Crippen LogP) is 3.38. The molecule has 2 aromatic carbocycles. The molecule has 1 aliphatic rings. The van der Waals surface area contributed by atoms with Gasteiger partial charge in [-0.05, 0) is 47.8 Å². The zero-order valence-electron chi connectivity index (χ0n) is 18.1. The number of imidazole rings is 1. The van der Waals surface area contributed by atoms with Gasteiger partial charge in [0.1, 0.15) is 31.3 Å². The van der Waals surface area contributed by atoms with E-state index in [0.717, 1.165) is 29.0 Å². The number of hydrogen-bond donors (Lipinski definition) is 0. The highest BCUT2D eigenvalue weighted by atomic mass is 16.6. The fraction of sp³-hybridized carbons (Fsp3) is 0.348. The lowest BCUT2D eigenvalue weighted by molar-refractivity contribution is -0.389. The van der Waals surface area contributed by atoms with Crippen LogP contribution in [0, 0.1) is 10.1 Å². The van der Waals surface area contributed by atoms with Crippen LogP contribution in [0.15, 0.2) is 54.7 Å². The second-order valence-corrected chi connectivity index (χ2v) is 7.91. The van der Waals surface area contributed by atoms with Gasteiger partial charge in [0.15, 0.2) is 0 Å². The van der Waals surface area contributed by atoms with E-state index in [1.165, 1.54) is 6.20 Å². The molecule has 0 radical (unpaired) electrons. The van der Waals surface area contributed by atoms with Gasteiger partial charge in [0, 0.05) is 11.5 Å². The molecule has 0 spiro atoms. The Hall–Kier alpha value is -3.43. The summed E-state index contributed by atoms with van der Waals surface area (Å²) in [6.45, 7) is 2.71. The van der Waals surface area contributed by atoms with E-state index in [1.807, 2.05) is 44.4 Å². The summed E-state index contributed by atoms with van der Waals surface area (Å²) < 4.78 is 18.9. The summed E-state index contributed by atoms with van der Waals surface area (Å²) in [5.74, 6) is 0.636. The van der Waals surface area contributed by atoms with Gasteiger partial charge in [0.25, 0.3) is 0 Å². The van der Waals surface area contributed by atoms with Gasteiger partial charge in [-0.3, -0.25) is 4.57 Å². The molecule has 1 aromatic heterocycles. The quantitative estimate of drug-likeness (QED) is 0.374. The second kappa shape index (κ2) is 9.80. The SMILES string of the molecule is CN(C)CCOc1cccc(-c2ccc(CO[C@@H]3COc4nc([N+](=O)[O-])cn4C3)cc2)c1. The Morgan fingerprint density at radius 3 is 2.78 bits per heavy atom. The number of nitrogens with zero attached hydrogens (tertiary/aromatic N) is 4. The molecular weight excluding hydrogens is 412 g/mol. The van der Waals surface area contributed by atoms with Crippen LogP contribution in [0.5, 0.6) is 11.8 Å². The molecule has 0 amide bonds. The maximum atomic E-state index is 10.9. The van der Waals surface area contributed by atoms with E-state index >= 15 is 0 Å². The number of nitro groups is 1. The monoisotopic (exact) mass is 438 g/mol. The van der Waals surface area contributed by atoms with Crippen LogP contribution in [0.3, 0.4) is 0 Å². The van der Waals surface area contributed by atoms with E-state index in [4.69, 9.17) is 14.2 Å². The Balaban J connectivity index is 1.32. The van der Waals surface area contributed by atoms with Crippen molar-refractivity contribution in [3.05, 3.63) is 70.4 Å². The standard InChI is InChI=1S/C23H26N4O5/c1-25(2)10-11-30-20-5-3-4-19(12-20)18-8-6-17(7-9-18)15-31-21-13-26-14-22(27(28)29)24-23(26)32-16-21/h3-9,12,14,21H,10-11,13,15-16H2,1-2H3/t21-/m0/s1. The molecule has 4 rings (SSSR count). The van der Waals surface area contributed by atoms with Crippen LogP contribution in [0.4, 0.5) is 5.82 Å². The van der Waals surface area contributed by atoms with Crippen molar-refractivity contribution in [2.45, 2.75) is 19.3 Å². The Morgan fingerprint density at radius 1 is 1.22 bits per heavy atom. The summed E-state index contributed by atoms with van der Waals surface area (Å²) in [4.78, 5) is 16.3. The first-order valence-corrected chi connectivity index (χ1v) is 10.4. The minimum Gasteiger partial charge on any atom is -0.492 e. The highest BCUT2D eigenvalue weighted by molar-refractivity contribution is 5.65. The third-order valence-corrected chi connectivity index (χ3v) is 5.13. The summed E-state index contributed by atoms with van der Waals surface area (Å²) in [7, 11) is 4.04. The third-order valence-electron chi connectivity index (χ3n) is 5.13. The number of hydrogen-bond acceptors (Lipinski definition) is 7. The van der Waals surface area contributed by atoms with Crippen LogP contribution in [0.1, 0.15) is 5.56 Å². The Bertz CT molecular complexity index is 1060. The zero-order chi connectivity index (χ0) is 22.5. The molecule has 0 N–H and O–H groups in total. The molecule has 0 unspecified atom stereocenters. The van der Waals surface area contributed by atoms with Gasteiger partial charge >= 0.3 is 11.8 Å². The maximum absolute atomic E-state index is 10.9. The van der Waals surface area contributed by atoms with Crippen LogP contribution in [-0.4, -0.2) is 59.3 Å². The van der Waals surface area contributed by atoms with Crippen molar-refractivity contribution < 1.29 is 19.1 Å². The molecule has 9 heteroatoms. The van der Waals surface area contributed by atoms with E-state index < -0.39 is 4.92 Å². The fourth-order valence-corrected chi connectivity index (χ4v) is 3.38. The number of rotatable bonds is 9. The van der Waals surface area contributed by atoms with Crippen LogP contribution in [0.25, 0.3) is 11.1 Å². The highest BCUT2D eigenvalue weighted by Gasteiger charge is 2.28. The fourth-order valence-electron chi connectivity index (χ4n) is 3.38. The van der Waals surface area contributed by atoms with Gasteiger partial charge in [-0.1, -0.05) is 36.4 Å². The van der Waals surface area contributed by atoms with Crippen LogP contribution in [-0.2, 0) is 17.9 Å². The summed E-state index contributed by atoms with van der Waals surface area (Å²) >= 11 is 0. The molecule has 0 fully saturated rings. The molecule has 1 atom stereocenters. The number of ether oxygens (including phenoxy) is 3. The predicted molar refractivity (Wildman–Crippen MR) is 119 cm³/mol. The van der Waals surface area contributed by atoms with Gasteiger partial charge in [-0.2, -0.15) is 0 Å². The Morgan fingerprint density at radius 2 is 2.03 bits per heavy atom. The van der Waals surface area contributed by atoms with Crippen LogP contribution in [0.2, 0.25) is 0 Å². The Kier molecular flexibility index (Phi) is 6.67. The maximum Gasteiger partial charge on any atom is 0.414 e. The van der Waals surface area contributed by atoms with Crippen LogP contribution < -0.4 is 9.47 Å². The lowest BCUT2D eigenvalue weighted by Crippen LogP contribution is -2.32. The first kappa shape index (κ1) is 21.8. The summed E-state index contributed by atoms with van der Waals surface area (Å²) in [5.41, 5.74) is 3.23. The van der Waals surface area contributed by atoms with Crippen molar-refractivity contribution in [1.29, 1.82) is 0 Å². The van der Waals surface area contributed by atoms with E-state index in [-0.39, 0.29) is 17.9 Å². The van der Waals surface area contributed by atoms with Crippen molar-refractivity contribution in [3.8, 4) is 22.9 Å². The van der Waals surface area contributed by atoms with Crippen molar-refractivity contribution in [1.82, 2.24) is 14.5 Å². The average Bonchev–Trinajstić information content (AvgIpc) is 3.22. The minimum absolute atomic E-state index is 0.202. The number of benzene rings is 2. The third kappa shape index (κ3) is 5.43. The number of likely N-dealkylation sites (N-methyl/N-ethyl adjacent to an activating group) is 1. The lowest BCUT2D eigenvalue weighted by atomic mass is 10.0. The van der Waals surface area contributed by atoms with Gasteiger partial charge < -0.3 is 29.2 Å². The highest BCUT2D eigenvalue weighted by Crippen LogP contribution is 2.25. The van der Waals surface area contributed by atoms with E-state index in [2.05, 4.69) is 28.1 Å². The van der Waals surface area contributed by atoms with E-state index in [9.17, 15) is 10.1 Å². The largest absolute Gasteiger partial charge is 0.492 e. The van der Waals surface area contributed by atoms with Gasteiger partial charge in [-0.15, -0.1) is 0 Å². The molecule has 9 nitrogen and oxygen atoms in total. The summed E-state index contributed by atoms with van der Waals surface area (Å²) in [6.07, 6.45) is 1.17. The first-order chi connectivity index (χ1) is 15.5. The molecule has 168 valence electrons. The molecule has 0 aliphatic carbocycles. The normalized spacial score (nSPS) is 15.3. The smallest absolute Gasteiger partial charge is 0.414 e. The zero-order valence-corrected chi connectivity index (χ0v) is 18.1. The van der Waals surface area contributed by atoms with E-state index in [1.54, 1.807) is 4.57 Å². The Labute approximate surface area is 186 Å². The van der Waals surface area contributed by atoms with Crippen molar-refractivity contribution >= 4 is 5.82 Å². The minimum atomic E-state index is -0.530. The lowest BCUT2D eigenvalue weighted by Gasteiger charge is -2.22. The average molecular weight is 438 g/mol. The van der Waals surface area contributed by atoms with Gasteiger partial charge in [0.2, 0.25) is 0 Å². The molecular formula is C23H26N4O5. The molecule has 1 aliphatic heterocycles. The topological polar surface area (TPSA) is 91.9 Å². The summed E-state index contributed by atoms with van der Waals surface area (Å²) in [5, 5.41) is 10.9. The van der Waals surface area contributed by atoms with Gasteiger partial charge in [0.05, 0.1) is 13.2 Å². The molecule has 32 heavy (non-hydrogen) atoms. The molecule has 0 saturated heterocycles.